The van der Waals surface area contributed by atoms with E-state index in [1.54, 1.807) is 18.2 Å². The van der Waals surface area contributed by atoms with Crippen LogP contribution in [-0.4, -0.2) is 11.7 Å². The smallest absolute Gasteiger partial charge is 0.143 e. The molecule has 0 rings (SSSR count). The van der Waals surface area contributed by atoms with Crippen molar-refractivity contribution < 1.29 is 5.11 Å². The van der Waals surface area contributed by atoms with Gasteiger partial charge in [0, 0.05) is 6.54 Å². The molecule has 0 aliphatic heterocycles. The predicted molar refractivity (Wildman–Crippen MR) is 84.2 cm³/mol. The van der Waals surface area contributed by atoms with Gasteiger partial charge in [-0.25, -0.2) is 0 Å². The number of allylic oxidation sites excluding steroid dienone is 5. The van der Waals surface area contributed by atoms with Gasteiger partial charge in [-0.3, -0.25) is 0 Å². The highest BCUT2D eigenvalue weighted by Crippen LogP contribution is 2.06. The van der Waals surface area contributed by atoms with E-state index >= 15 is 0 Å². The largest absolute Gasteiger partial charge is 0.516 e. The Hall–Kier alpha value is -2.50. The van der Waals surface area contributed by atoms with Crippen molar-refractivity contribution >= 4 is 0 Å². The number of terminal acetylenes is 1. The zero-order valence-electron chi connectivity index (χ0n) is 11.9. The van der Waals surface area contributed by atoms with Gasteiger partial charge < -0.3 is 21.9 Å². The molecule has 0 saturated carbocycles. The van der Waals surface area contributed by atoms with Crippen molar-refractivity contribution in [2.75, 3.05) is 6.54 Å². The molecule has 0 heterocycles. The Bertz CT molecular complexity index is 474. The maximum Gasteiger partial charge on any atom is 0.143 e. The van der Waals surface area contributed by atoms with E-state index < -0.39 is 0 Å². The van der Waals surface area contributed by atoms with Gasteiger partial charge in [0.15, 0.2) is 0 Å². The highest BCUT2D eigenvalue weighted by atomic mass is 16.2. The van der Waals surface area contributed by atoms with Gasteiger partial charge in [-0.1, -0.05) is 30.4 Å². The highest BCUT2D eigenvalue weighted by molar-refractivity contribution is 5.21. The molecule has 1 unspecified atom stereocenters. The topological polar surface area (TPSA) is 84.3 Å². The fourth-order valence-corrected chi connectivity index (χ4v) is 1.33. The second-order valence-electron chi connectivity index (χ2n) is 4.20. The molecule has 0 saturated heterocycles. The summed E-state index contributed by atoms with van der Waals surface area (Å²) < 4.78 is 0. The van der Waals surface area contributed by atoms with Crippen molar-refractivity contribution in [1.29, 1.82) is 0 Å². The van der Waals surface area contributed by atoms with Crippen LogP contribution in [0.3, 0.4) is 0 Å². The third-order valence-corrected chi connectivity index (χ3v) is 2.61. The van der Waals surface area contributed by atoms with E-state index in [0.29, 0.717) is 18.1 Å². The molecule has 0 aliphatic rings. The van der Waals surface area contributed by atoms with Gasteiger partial charge in [0.1, 0.15) is 5.82 Å². The maximum absolute atomic E-state index is 8.58. The van der Waals surface area contributed by atoms with Crippen LogP contribution < -0.4 is 16.8 Å². The average molecular weight is 273 g/mol. The van der Waals surface area contributed by atoms with Crippen LogP contribution in [0.4, 0.5) is 0 Å². The van der Waals surface area contributed by atoms with E-state index in [1.165, 1.54) is 0 Å². The molecule has 0 aromatic rings. The Kier molecular flexibility index (Phi) is 9.12. The molecule has 4 nitrogen and oxygen atoms in total. The lowest BCUT2D eigenvalue weighted by atomic mass is 10.1. The molecule has 108 valence electrons. The minimum absolute atomic E-state index is 0.184. The zero-order valence-corrected chi connectivity index (χ0v) is 11.9. The number of hydrogen-bond acceptors (Lipinski definition) is 4. The minimum atomic E-state index is -0.184. The Morgan fingerprint density at radius 2 is 2.20 bits per heavy atom. The van der Waals surface area contributed by atoms with E-state index in [9.17, 15) is 0 Å². The molecule has 0 aliphatic carbocycles. The molecule has 0 amide bonds. The summed E-state index contributed by atoms with van der Waals surface area (Å²) in [5, 5.41) is 11.6. The first-order valence-electron chi connectivity index (χ1n) is 6.39. The first kappa shape index (κ1) is 17.5. The third-order valence-electron chi connectivity index (χ3n) is 2.61. The summed E-state index contributed by atoms with van der Waals surface area (Å²) >= 11 is 0. The Labute approximate surface area is 121 Å². The van der Waals surface area contributed by atoms with Crippen LogP contribution in [-0.2, 0) is 0 Å². The summed E-state index contributed by atoms with van der Waals surface area (Å²) in [7, 11) is 0. The predicted octanol–water partition coefficient (Wildman–Crippen LogP) is 2.05. The molecule has 4 heteroatoms. The Morgan fingerprint density at radius 1 is 1.50 bits per heavy atom. The van der Waals surface area contributed by atoms with Gasteiger partial charge in [-0.2, -0.15) is 0 Å². The maximum atomic E-state index is 8.58. The summed E-state index contributed by atoms with van der Waals surface area (Å²) in [5.74, 6) is 2.71. The van der Waals surface area contributed by atoms with Crippen LogP contribution in [0.25, 0.3) is 0 Å². The molecule has 0 aromatic carbocycles. The van der Waals surface area contributed by atoms with Crippen LogP contribution >= 0.6 is 0 Å². The molecule has 1 atom stereocenters. The van der Waals surface area contributed by atoms with Crippen LogP contribution in [0, 0.1) is 18.3 Å². The molecular weight excluding hydrogens is 250 g/mol. The summed E-state index contributed by atoms with van der Waals surface area (Å²) in [6, 6.07) is 0. The van der Waals surface area contributed by atoms with Gasteiger partial charge in [0.05, 0.1) is 17.9 Å². The molecule has 6 N–H and O–H groups in total. The number of aliphatic hydroxyl groups excluding tert-OH is 1. The van der Waals surface area contributed by atoms with Gasteiger partial charge in [-0.05, 0) is 31.4 Å². The van der Waals surface area contributed by atoms with Gasteiger partial charge in [0.25, 0.3) is 0 Å². The van der Waals surface area contributed by atoms with Gasteiger partial charge in [-0.15, -0.1) is 6.42 Å². The fraction of sp³-hybridized carbons (Fsp3) is 0.312. The normalized spacial score (nSPS) is 12.3. The molecule has 20 heavy (non-hydrogen) atoms. The van der Waals surface area contributed by atoms with E-state index in [2.05, 4.69) is 23.5 Å². The van der Waals surface area contributed by atoms with E-state index in [0.717, 1.165) is 24.7 Å². The highest BCUT2D eigenvalue weighted by Gasteiger charge is 1.99. The SMILES string of the molecule is C#CC(C)C(N)=C=C(N)NCCC/C(C=C)=C/C=C/O. The molecular formula is C16H23N3O. The van der Waals surface area contributed by atoms with Crippen molar-refractivity contribution in [3.05, 3.63) is 53.9 Å². The molecule has 0 spiro atoms. The van der Waals surface area contributed by atoms with E-state index in [4.69, 9.17) is 23.0 Å². The second-order valence-corrected chi connectivity index (χ2v) is 4.20. The van der Waals surface area contributed by atoms with Crippen LogP contribution in [0.5, 0.6) is 0 Å². The lowest BCUT2D eigenvalue weighted by Crippen LogP contribution is -2.21. The Balaban J connectivity index is 4.29. The number of nitrogens with two attached hydrogens (primary N) is 2. The van der Waals surface area contributed by atoms with Crippen LogP contribution in [0.1, 0.15) is 19.8 Å². The summed E-state index contributed by atoms with van der Waals surface area (Å²) in [6.45, 7) is 6.21. The standard InChI is InChI=1S/C16H23N3O/c1-4-13(3)15(17)12-16(18)19-10-6-8-14(5-2)9-7-11-20/h1,5,7,9,11,13,19-20H,2,6,8,10,17-18H2,3H3/b11-7+,14-9+. The van der Waals surface area contributed by atoms with Gasteiger partial charge >= 0.3 is 0 Å². The number of rotatable bonds is 8. The number of hydrogen-bond donors (Lipinski definition) is 4. The quantitative estimate of drug-likeness (QED) is 0.179. The Morgan fingerprint density at radius 3 is 2.75 bits per heavy atom. The summed E-state index contributed by atoms with van der Waals surface area (Å²) in [4.78, 5) is 0. The third kappa shape index (κ3) is 7.75. The lowest BCUT2D eigenvalue weighted by Gasteiger charge is -2.06. The number of aliphatic hydroxyl groups is 1. The van der Waals surface area contributed by atoms with Gasteiger partial charge in [0.2, 0.25) is 0 Å². The second kappa shape index (κ2) is 10.4. The monoisotopic (exact) mass is 273 g/mol. The minimum Gasteiger partial charge on any atom is -0.516 e. The fourth-order valence-electron chi connectivity index (χ4n) is 1.33. The van der Waals surface area contributed by atoms with Crippen LogP contribution in [0.2, 0.25) is 0 Å². The first-order valence-corrected chi connectivity index (χ1v) is 6.39. The van der Waals surface area contributed by atoms with Crippen molar-refractivity contribution in [3.8, 4) is 12.3 Å². The zero-order chi connectivity index (χ0) is 15.4. The van der Waals surface area contributed by atoms with Crippen molar-refractivity contribution in [1.82, 2.24) is 5.32 Å². The number of nitrogens with one attached hydrogen (secondary N) is 1. The first-order chi connectivity index (χ1) is 9.54. The molecule has 0 aromatic heterocycles. The van der Waals surface area contributed by atoms with Crippen molar-refractivity contribution in [3.63, 3.8) is 0 Å². The summed E-state index contributed by atoms with van der Waals surface area (Å²) in [6.07, 6.45) is 13.1. The molecule has 0 fully saturated rings. The average Bonchev–Trinajstić information content (AvgIpc) is 2.45. The van der Waals surface area contributed by atoms with E-state index in [-0.39, 0.29) is 5.92 Å². The lowest BCUT2D eigenvalue weighted by molar-refractivity contribution is 0.473. The van der Waals surface area contributed by atoms with E-state index in [1.807, 2.05) is 6.92 Å². The van der Waals surface area contributed by atoms with Crippen molar-refractivity contribution in [2.24, 2.45) is 17.4 Å². The molecule has 0 bridgehead atoms. The van der Waals surface area contributed by atoms with Crippen LogP contribution in [0.15, 0.2) is 53.9 Å². The molecule has 0 radical (unpaired) electrons. The summed E-state index contributed by atoms with van der Waals surface area (Å²) in [5.41, 5.74) is 15.8. The van der Waals surface area contributed by atoms with Crippen molar-refractivity contribution in [2.45, 2.75) is 19.8 Å².